The van der Waals surface area contributed by atoms with Crippen molar-refractivity contribution in [3.8, 4) is 0 Å². The minimum Gasteiger partial charge on any atom is -0.460 e. The number of hydrogen-bond acceptors (Lipinski definition) is 14. The molecule has 0 saturated heterocycles. The average molecular weight is 749 g/mol. The number of carbonyl (C=O) groups excluding carboxylic acids is 4. The average Bonchev–Trinajstić information content (AvgIpc) is 3.18. The molecule has 0 fully saturated rings. The maximum Gasteiger partial charge on any atom is 0.338 e. The normalized spacial score (nSPS) is 11.5. The summed E-state index contributed by atoms with van der Waals surface area (Å²) in [4.78, 5) is 54.4. The number of esters is 4. The third-order valence-corrected chi connectivity index (χ3v) is 8.61. The molecule has 5 aromatic carbocycles. The second-order valence-corrected chi connectivity index (χ2v) is 11.9. The van der Waals surface area contributed by atoms with Gasteiger partial charge in [0.1, 0.15) is 26.4 Å². The zero-order valence-corrected chi connectivity index (χ0v) is 30.8. The van der Waals surface area contributed by atoms with E-state index in [1.165, 1.54) is 14.2 Å². The lowest BCUT2D eigenvalue weighted by atomic mass is 9.84. The van der Waals surface area contributed by atoms with Crippen molar-refractivity contribution in [2.24, 2.45) is 0 Å². The van der Waals surface area contributed by atoms with Crippen molar-refractivity contribution in [1.29, 1.82) is 0 Å². The molecule has 14 nitrogen and oxygen atoms in total. The van der Waals surface area contributed by atoms with Gasteiger partial charge in [-0.15, -0.1) is 0 Å². The maximum atomic E-state index is 13.7. The monoisotopic (exact) mass is 748 g/mol. The molecule has 288 valence electrons. The summed E-state index contributed by atoms with van der Waals surface area (Å²) in [7, 11) is 6.12. The summed E-state index contributed by atoms with van der Waals surface area (Å²) in [6.07, 6.45) is 0. The van der Waals surface area contributed by atoms with E-state index in [1.807, 2.05) is 0 Å². The molecule has 0 radical (unpaired) electrons. The summed E-state index contributed by atoms with van der Waals surface area (Å²) in [6.45, 7) is 2.10. The Morgan fingerprint density at radius 2 is 0.574 bits per heavy atom. The van der Waals surface area contributed by atoms with Gasteiger partial charge in [0.15, 0.2) is 0 Å². The number of rotatable bonds is 22. The van der Waals surface area contributed by atoms with Gasteiger partial charge in [0.2, 0.25) is 0 Å². The van der Waals surface area contributed by atoms with Crippen molar-refractivity contribution in [3.05, 3.63) is 70.8 Å². The number of benzene rings is 5. The molecule has 0 bridgehead atoms. The molecule has 5 aromatic rings. The van der Waals surface area contributed by atoms with Crippen LogP contribution < -0.4 is 0 Å². The minimum absolute atomic E-state index is 0.000414. The molecule has 5 rings (SSSR count). The molecule has 14 heteroatoms. The predicted octanol–water partition coefficient (Wildman–Crippen LogP) is 4.98. The van der Waals surface area contributed by atoms with E-state index in [0.29, 0.717) is 69.5 Å². The fraction of sp³-hybridized carbons (Fsp3) is 0.400. The van der Waals surface area contributed by atoms with E-state index in [4.69, 9.17) is 47.4 Å². The summed E-state index contributed by atoms with van der Waals surface area (Å²) >= 11 is 0. The van der Waals surface area contributed by atoms with Gasteiger partial charge in [-0.2, -0.15) is 0 Å². The quantitative estimate of drug-likeness (QED) is 0.0306. The Kier molecular flexibility index (Phi) is 14.8. The highest BCUT2D eigenvalue weighted by atomic mass is 16.6. The van der Waals surface area contributed by atoms with Crippen LogP contribution in [0.3, 0.4) is 0 Å². The Morgan fingerprint density at radius 1 is 0.333 bits per heavy atom. The first-order chi connectivity index (χ1) is 26.4. The number of methoxy groups -OCH3 is 4. The first-order valence-corrected chi connectivity index (χ1v) is 17.4. The van der Waals surface area contributed by atoms with Crippen LogP contribution in [0, 0.1) is 0 Å². The Balaban J connectivity index is 1.69. The zero-order chi connectivity index (χ0) is 38.5. The number of hydrogen-bond donors (Lipinski definition) is 0. The minimum atomic E-state index is -0.658. The summed E-state index contributed by atoms with van der Waals surface area (Å²) in [5.41, 5.74) is 0.608. The van der Waals surface area contributed by atoms with Gasteiger partial charge in [0.25, 0.3) is 0 Å². The van der Waals surface area contributed by atoms with Gasteiger partial charge in [-0.3, -0.25) is 0 Å². The second-order valence-electron chi connectivity index (χ2n) is 11.9. The highest BCUT2D eigenvalue weighted by Gasteiger charge is 2.27. The van der Waals surface area contributed by atoms with Crippen LogP contribution >= 0.6 is 0 Å². The molecule has 0 amide bonds. The van der Waals surface area contributed by atoms with Gasteiger partial charge >= 0.3 is 23.9 Å². The lowest BCUT2D eigenvalue weighted by Crippen LogP contribution is -2.16. The predicted molar refractivity (Wildman–Crippen MR) is 198 cm³/mol. The van der Waals surface area contributed by atoms with Gasteiger partial charge in [-0.05, 0) is 56.6 Å². The van der Waals surface area contributed by atoms with E-state index in [0.717, 1.165) is 0 Å². The van der Waals surface area contributed by atoms with Crippen LogP contribution in [0.5, 0.6) is 0 Å². The van der Waals surface area contributed by atoms with Crippen LogP contribution in [0.4, 0.5) is 0 Å². The molecule has 0 aliphatic carbocycles. The van der Waals surface area contributed by atoms with Gasteiger partial charge in [-0.25, -0.2) is 19.2 Å². The smallest absolute Gasteiger partial charge is 0.338 e. The van der Waals surface area contributed by atoms with Crippen LogP contribution in [-0.4, -0.2) is 132 Å². The molecule has 0 N–H and O–H groups in total. The van der Waals surface area contributed by atoms with Crippen molar-refractivity contribution in [3.63, 3.8) is 0 Å². The van der Waals surface area contributed by atoms with Crippen LogP contribution in [0.1, 0.15) is 41.4 Å². The topological polar surface area (TPSA) is 161 Å². The molecule has 0 spiro atoms. The number of carbonyl (C=O) groups is 4. The van der Waals surface area contributed by atoms with Crippen molar-refractivity contribution < 1.29 is 66.5 Å². The highest BCUT2D eigenvalue weighted by Crippen LogP contribution is 2.44. The van der Waals surface area contributed by atoms with E-state index in [1.54, 1.807) is 62.8 Å². The molecular weight excluding hydrogens is 704 g/mol. The van der Waals surface area contributed by atoms with Crippen LogP contribution in [0.15, 0.2) is 48.5 Å². The Hall–Kier alpha value is -4.96. The Morgan fingerprint density at radius 3 is 0.852 bits per heavy atom. The van der Waals surface area contributed by atoms with Crippen molar-refractivity contribution in [2.75, 3.05) is 108 Å². The lowest BCUT2D eigenvalue weighted by molar-refractivity contribution is 0.0211. The third-order valence-electron chi connectivity index (χ3n) is 8.61. The largest absolute Gasteiger partial charge is 0.460 e. The van der Waals surface area contributed by atoms with Crippen molar-refractivity contribution >= 4 is 67.0 Å². The summed E-state index contributed by atoms with van der Waals surface area (Å²) in [5.74, 6) is -2.62. The van der Waals surface area contributed by atoms with Gasteiger partial charge in [0, 0.05) is 39.2 Å². The SMILES string of the molecule is COCCOCCOC(=O)c1ccc2c3ccc(C(=O)OCCOCCOC)c4c(C(=O)OCCOC)ccc(c5ccc(C(=O)OCCOC)c1c52)c43. The number of ether oxygens (including phenoxy) is 10. The molecule has 54 heavy (non-hydrogen) atoms. The fourth-order valence-corrected chi connectivity index (χ4v) is 6.19. The van der Waals surface area contributed by atoms with Crippen LogP contribution in [-0.2, 0) is 47.4 Å². The number of fused-ring (bicyclic) bond motifs is 2. The fourth-order valence-electron chi connectivity index (χ4n) is 6.19. The summed E-state index contributed by atoms with van der Waals surface area (Å²) in [5, 5.41) is 4.46. The zero-order valence-electron chi connectivity index (χ0n) is 30.8. The molecule has 0 aromatic heterocycles. The molecule has 0 unspecified atom stereocenters. The Bertz CT molecular complexity index is 1910. The van der Waals surface area contributed by atoms with Crippen molar-refractivity contribution in [1.82, 2.24) is 0 Å². The van der Waals surface area contributed by atoms with E-state index in [2.05, 4.69) is 0 Å². The standard InChI is InChI=1S/C40H44O14/c1-45-13-17-49-19-23-53-39(43)31-11-7-27-28-8-12-32(40(44)54-24-20-50-18-14-46-2)36-30(38(42)52-22-16-48-4)10-6-26(34(28)36)25-5-9-29(35(31)33(25)27)37(41)51-21-15-47-3/h5-12H,13-24H2,1-4H3. The Labute approximate surface area is 311 Å². The summed E-state index contributed by atoms with van der Waals surface area (Å²) in [6, 6.07) is 13.4. The van der Waals surface area contributed by atoms with E-state index >= 15 is 0 Å². The van der Waals surface area contributed by atoms with Crippen molar-refractivity contribution in [2.45, 2.75) is 0 Å². The van der Waals surface area contributed by atoms with Crippen LogP contribution in [0.25, 0.3) is 43.1 Å². The van der Waals surface area contributed by atoms with Gasteiger partial charge in [0.05, 0.1) is 75.1 Å². The second kappa shape index (κ2) is 19.9. The third kappa shape index (κ3) is 9.04. The molecule has 0 saturated carbocycles. The molecule has 0 aliphatic rings. The van der Waals surface area contributed by atoms with Crippen LogP contribution in [0.2, 0.25) is 0 Å². The summed E-state index contributed by atoms with van der Waals surface area (Å²) < 4.78 is 53.2. The van der Waals surface area contributed by atoms with E-state index < -0.39 is 23.9 Å². The highest BCUT2D eigenvalue weighted by molar-refractivity contribution is 6.38. The van der Waals surface area contributed by atoms with E-state index in [-0.39, 0.29) is 75.1 Å². The molecule has 0 atom stereocenters. The molecular formula is C40H44O14. The van der Waals surface area contributed by atoms with E-state index in [9.17, 15) is 19.2 Å². The van der Waals surface area contributed by atoms with Gasteiger partial charge in [-0.1, -0.05) is 24.3 Å². The lowest BCUT2D eigenvalue weighted by Gasteiger charge is -2.20. The van der Waals surface area contributed by atoms with Gasteiger partial charge < -0.3 is 47.4 Å². The molecule has 0 aliphatic heterocycles. The first kappa shape index (κ1) is 40.2. The first-order valence-electron chi connectivity index (χ1n) is 17.4. The molecule has 0 heterocycles. The maximum absolute atomic E-state index is 13.7.